The van der Waals surface area contributed by atoms with Crippen LogP contribution in [0, 0.1) is 0 Å². The Morgan fingerprint density at radius 1 is 1.06 bits per heavy atom. The Balaban J connectivity index is 0.00000341. The summed E-state index contributed by atoms with van der Waals surface area (Å²) in [7, 11) is 6.62. The number of benzene rings is 2. The van der Waals surface area contributed by atoms with Gasteiger partial charge in [-0.15, -0.1) is 24.0 Å². The standard InChI is InChI=1S/C23H32N4O3.HI/c1-16(27-11-10-18-8-6-7-9-19(18)27)14-25-23(24-2)26-15-17-12-20(28-3)22(30-5)21(13-17)29-4;/h6-9,12-13,16H,10-11,14-15H2,1-5H3,(H2,24,25,26);1H. The summed E-state index contributed by atoms with van der Waals surface area (Å²) in [5, 5.41) is 6.80. The smallest absolute Gasteiger partial charge is 0.203 e. The Hall–Kier alpha value is -2.36. The minimum Gasteiger partial charge on any atom is -0.493 e. The van der Waals surface area contributed by atoms with Crippen LogP contribution in [0.1, 0.15) is 18.1 Å². The van der Waals surface area contributed by atoms with Gasteiger partial charge in [-0.25, -0.2) is 0 Å². The first-order valence-electron chi connectivity index (χ1n) is 10.2. The van der Waals surface area contributed by atoms with Crippen LogP contribution in [0.5, 0.6) is 17.2 Å². The summed E-state index contributed by atoms with van der Waals surface area (Å²) >= 11 is 0. The van der Waals surface area contributed by atoms with Gasteiger partial charge in [-0.05, 0) is 42.7 Å². The molecule has 170 valence electrons. The van der Waals surface area contributed by atoms with Crippen molar-refractivity contribution in [1.82, 2.24) is 10.6 Å². The first-order chi connectivity index (χ1) is 14.6. The second-order valence-corrected chi connectivity index (χ2v) is 7.26. The second-order valence-electron chi connectivity index (χ2n) is 7.26. The largest absolute Gasteiger partial charge is 0.493 e. The molecule has 1 unspecified atom stereocenters. The first kappa shape index (κ1) is 24.9. The van der Waals surface area contributed by atoms with Crippen molar-refractivity contribution in [1.29, 1.82) is 0 Å². The van der Waals surface area contributed by atoms with E-state index < -0.39 is 0 Å². The molecule has 0 fully saturated rings. The fourth-order valence-corrected chi connectivity index (χ4v) is 3.82. The molecule has 2 aromatic carbocycles. The van der Waals surface area contributed by atoms with Gasteiger partial charge in [0.1, 0.15) is 0 Å². The Labute approximate surface area is 202 Å². The number of guanidine groups is 1. The molecule has 1 atom stereocenters. The molecule has 0 bridgehead atoms. The van der Waals surface area contributed by atoms with Gasteiger partial charge in [0.05, 0.1) is 21.3 Å². The molecular weight excluding hydrogens is 507 g/mol. The van der Waals surface area contributed by atoms with Crippen molar-refractivity contribution in [2.24, 2.45) is 4.99 Å². The quantitative estimate of drug-likeness (QED) is 0.304. The number of fused-ring (bicyclic) bond motifs is 1. The van der Waals surface area contributed by atoms with Crippen LogP contribution in [0.25, 0.3) is 0 Å². The fraction of sp³-hybridized carbons (Fsp3) is 0.435. The predicted molar refractivity (Wildman–Crippen MR) is 137 cm³/mol. The SMILES string of the molecule is CN=C(NCc1cc(OC)c(OC)c(OC)c1)NCC(C)N1CCc2ccccc21.I. The zero-order chi connectivity index (χ0) is 21.5. The van der Waals surface area contributed by atoms with E-state index in [0.29, 0.717) is 29.8 Å². The van der Waals surface area contributed by atoms with Crippen LogP contribution in [-0.2, 0) is 13.0 Å². The van der Waals surface area contributed by atoms with Gasteiger partial charge in [0.15, 0.2) is 17.5 Å². The van der Waals surface area contributed by atoms with Crippen LogP contribution < -0.4 is 29.7 Å². The summed E-state index contributed by atoms with van der Waals surface area (Å²) in [5.41, 5.74) is 3.77. The average Bonchev–Trinajstić information content (AvgIpc) is 3.22. The molecule has 0 saturated carbocycles. The minimum absolute atomic E-state index is 0. The third-order valence-corrected chi connectivity index (χ3v) is 5.43. The number of rotatable bonds is 8. The van der Waals surface area contributed by atoms with Crippen molar-refractivity contribution in [3.05, 3.63) is 47.5 Å². The summed E-state index contributed by atoms with van der Waals surface area (Å²) in [6.07, 6.45) is 1.11. The van der Waals surface area contributed by atoms with Gasteiger partial charge in [0.2, 0.25) is 5.75 Å². The molecule has 0 amide bonds. The van der Waals surface area contributed by atoms with Gasteiger partial charge >= 0.3 is 0 Å². The highest BCUT2D eigenvalue weighted by Crippen LogP contribution is 2.38. The van der Waals surface area contributed by atoms with Gasteiger partial charge in [-0.3, -0.25) is 4.99 Å². The first-order valence-corrected chi connectivity index (χ1v) is 10.2. The maximum Gasteiger partial charge on any atom is 0.203 e. The third kappa shape index (κ3) is 5.87. The molecule has 0 saturated heterocycles. The van der Waals surface area contributed by atoms with E-state index >= 15 is 0 Å². The monoisotopic (exact) mass is 540 g/mol. The van der Waals surface area contributed by atoms with Gasteiger partial charge in [-0.2, -0.15) is 0 Å². The molecule has 1 heterocycles. The topological polar surface area (TPSA) is 67.4 Å². The molecule has 0 aliphatic carbocycles. The molecular formula is C23H33IN4O3. The number of nitrogens with zero attached hydrogens (tertiary/aromatic N) is 2. The second kappa shape index (κ2) is 11.9. The van der Waals surface area contributed by atoms with E-state index in [9.17, 15) is 0 Å². The molecule has 0 spiro atoms. The molecule has 2 N–H and O–H groups in total. The van der Waals surface area contributed by atoms with Gasteiger partial charge in [0.25, 0.3) is 0 Å². The molecule has 1 aliphatic heterocycles. The van der Waals surface area contributed by atoms with E-state index in [1.165, 1.54) is 11.3 Å². The number of halogens is 1. The number of nitrogens with one attached hydrogen (secondary N) is 2. The Kier molecular flexibility index (Phi) is 9.54. The lowest BCUT2D eigenvalue weighted by molar-refractivity contribution is 0.323. The predicted octanol–water partition coefficient (Wildman–Crippen LogP) is 3.45. The van der Waals surface area contributed by atoms with E-state index in [0.717, 1.165) is 31.0 Å². The van der Waals surface area contributed by atoms with Crippen molar-refractivity contribution < 1.29 is 14.2 Å². The number of ether oxygens (including phenoxy) is 3. The Morgan fingerprint density at radius 2 is 1.74 bits per heavy atom. The molecule has 1 aliphatic rings. The van der Waals surface area contributed by atoms with E-state index in [1.807, 2.05) is 12.1 Å². The maximum absolute atomic E-state index is 5.43. The highest BCUT2D eigenvalue weighted by molar-refractivity contribution is 14.0. The molecule has 7 nitrogen and oxygen atoms in total. The lowest BCUT2D eigenvalue weighted by Crippen LogP contribution is -2.45. The lowest BCUT2D eigenvalue weighted by atomic mass is 10.1. The Bertz CT molecular complexity index is 866. The summed E-state index contributed by atoms with van der Waals surface area (Å²) in [6, 6.07) is 12.9. The number of hydrogen-bond acceptors (Lipinski definition) is 5. The third-order valence-electron chi connectivity index (χ3n) is 5.43. The van der Waals surface area contributed by atoms with Crippen LogP contribution in [0.3, 0.4) is 0 Å². The number of anilines is 1. The van der Waals surface area contributed by atoms with Crippen LogP contribution in [0.15, 0.2) is 41.4 Å². The number of hydrogen-bond donors (Lipinski definition) is 2. The summed E-state index contributed by atoms with van der Waals surface area (Å²) in [5.74, 6) is 2.62. The van der Waals surface area contributed by atoms with E-state index in [2.05, 4.69) is 51.7 Å². The molecule has 0 aromatic heterocycles. The highest BCUT2D eigenvalue weighted by atomic mass is 127. The number of methoxy groups -OCH3 is 3. The van der Waals surface area contributed by atoms with Crippen LogP contribution in [0.4, 0.5) is 5.69 Å². The number of para-hydroxylation sites is 1. The van der Waals surface area contributed by atoms with Crippen molar-refractivity contribution in [2.75, 3.05) is 46.4 Å². The zero-order valence-corrected chi connectivity index (χ0v) is 21.2. The summed E-state index contributed by atoms with van der Waals surface area (Å²) in [4.78, 5) is 6.81. The molecule has 3 rings (SSSR count). The molecule has 31 heavy (non-hydrogen) atoms. The van der Waals surface area contributed by atoms with Gasteiger partial charge in [0, 0.05) is 38.4 Å². The van der Waals surface area contributed by atoms with Crippen molar-refractivity contribution in [3.63, 3.8) is 0 Å². The van der Waals surface area contributed by atoms with Crippen LogP contribution in [-0.4, -0.2) is 53.5 Å². The lowest BCUT2D eigenvalue weighted by Gasteiger charge is -2.28. The maximum atomic E-state index is 5.43. The number of aliphatic imine (C=N–C) groups is 1. The normalized spacial score (nSPS) is 13.7. The van der Waals surface area contributed by atoms with Gasteiger partial charge in [-0.1, -0.05) is 18.2 Å². The van der Waals surface area contributed by atoms with E-state index in [4.69, 9.17) is 14.2 Å². The highest BCUT2D eigenvalue weighted by Gasteiger charge is 2.23. The van der Waals surface area contributed by atoms with Crippen molar-refractivity contribution in [2.45, 2.75) is 25.9 Å². The van der Waals surface area contributed by atoms with Crippen molar-refractivity contribution >= 4 is 35.6 Å². The Morgan fingerprint density at radius 3 is 2.35 bits per heavy atom. The fourth-order valence-electron chi connectivity index (χ4n) is 3.82. The van der Waals surface area contributed by atoms with Crippen LogP contribution in [0.2, 0.25) is 0 Å². The zero-order valence-electron chi connectivity index (χ0n) is 18.9. The molecule has 2 aromatic rings. The van der Waals surface area contributed by atoms with Gasteiger partial charge < -0.3 is 29.7 Å². The van der Waals surface area contributed by atoms with Crippen LogP contribution >= 0.6 is 24.0 Å². The average molecular weight is 540 g/mol. The molecule has 0 radical (unpaired) electrons. The van der Waals surface area contributed by atoms with E-state index in [1.54, 1.807) is 28.4 Å². The molecule has 8 heteroatoms. The summed E-state index contributed by atoms with van der Waals surface area (Å²) in [6.45, 7) is 4.67. The van der Waals surface area contributed by atoms with Crippen molar-refractivity contribution in [3.8, 4) is 17.2 Å². The minimum atomic E-state index is 0. The van der Waals surface area contributed by atoms with E-state index in [-0.39, 0.29) is 24.0 Å². The summed E-state index contributed by atoms with van der Waals surface area (Å²) < 4.78 is 16.3.